The molecule has 4 nitrogen and oxygen atoms in total. The molecule has 0 aromatic carbocycles. The number of hydrogen-bond donors (Lipinski definition) is 2. The van der Waals surface area contributed by atoms with Crippen molar-refractivity contribution < 1.29 is 5.11 Å². The van der Waals surface area contributed by atoms with Crippen molar-refractivity contribution in [1.29, 1.82) is 0 Å². The maximum Gasteiger partial charge on any atom is 0.0641 e. The molecule has 1 unspecified atom stereocenters. The van der Waals surface area contributed by atoms with Crippen LogP contribution in [0, 0.1) is 12.8 Å². The summed E-state index contributed by atoms with van der Waals surface area (Å²) in [4.78, 5) is 0. The van der Waals surface area contributed by atoms with E-state index < -0.39 is 0 Å². The molecule has 1 aliphatic carbocycles. The molecule has 1 aromatic heterocycles. The molecule has 0 amide bonds. The van der Waals surface area contributed by atoms with Gasteiger partial charge < -0.3 is 10.4 Å². The highest BCUT2D eigenvalue weighted by Gasteiger charge is 2.20. The maximum atomic E-state index is 9.49. The van der Waals surface area contributed by atoms with E-state index in [1.165, 1.54) is 5.56 Å². The van der Waals surface area contributed by atoms with Crippen LogP contribution >= 0.6 is 0 Å². The standard InChI is InChI=1S/C14H25N3O/c1-10(14-9-17(3)16-11(14)2)15-8-12-4-6-13(18)7-5-12/h9-10,12-13,15,18H,4-8H2,1-3H3. The van der Waals surface area contributed by atoms with Gasteiger partial charge in [0, 0.05) is 24.8 Å². The normalized spacial score (nSPS) is 26.2. The molecule has 0 saturated heterocycles. The van der Waals surface area contributed by atoms with Crippen molar-refractivity contribution in [3.05, 3.63) is 17.5 Å². The Hall–Kier alpha value is -0.870. The number of aliphatic hydroxyl groups excluding tert-OH is 1. The summed E-state index contributed by atoms with van der Waals surface area (Å²) in [6.45, 7) is 5.30. The molecule has 4 heteroatoms. The molecular formula is C14H25N3O. The van der Waals surface area contributed by atoms with E-state index in [4.69, 9.17) is 0 Å². The lowest BCUT2D eigenvalue weighted by atomic mass is 9.87. The van der Waals surface area contributed by atoms with Crippen molar-refractivity contribution in [1.82, 2.24) is 15.1 Å². The van der Waals surface area contributed by atoms with E-state index in [0.717, 1.165) is 37.9 Å². The molecule has 1 aromatic rings. The Morgan fingerprint density at radius 2 is 2.11 bits per heavy atom. The fourth-order valence-electron chi connectivity index (χ4n) is 2.85. The zero-order chi connectivity index (χ0) is 13.1. The SMILES string of the molecule is Cc1nn(C)cc1C(C)NCC1CCC(O)CC1. The molecule has 102 valence electrons. The summed E-state index contributed by atoms with van der Waals surface area (Å²) < 4.78 is 1.87. The molecule has 2 N–H and O–H groups in total. The lowest BCUT2D eigenvalue weighted by Crippen LogP contribution is -2.29. The minimum absolute atomic E-state index is 0.0563. The second-order valence-corrected chi connectivity index (χ2v) is 5.65. The van der Waals surface area contributed by atoms with Crippen molar-refractivity contribution in [2.24, 2.45) is 13.0 Å². The second-order valence-electron chi connectivity index (χ2n) is 5.65. The van der Waals surface area contributed by atoms with E-state index in [1.807, 2.05) is 11.7 Å². The summed E-state index contributed by atoms with van der Waals surface area (Å²) in [6.07, 6.45) is 6.26. The zero-order valence-electron chi connectivity index (χ0n) is 11.7. The van der Waals surface area contributed by atoms with Crippen LogP contribution in [0.5, 0.6) is 0 Å². The molecule has 1 atom stereocenters. The first-order chi connectivity index (χ1) is 8.56. The van der Waals surface area contributed by atoms with Crippen LogP contribution in [0.4, 0.5) is 0 Å². The predicted octanol–water partition coefficient (Wildman–Crippen LogP) is 1.93. The predicted molar refractivity (Wildman–Crippen MR) is 72.3 cm³/mol. The molecule has 1 aliphatic rings. The van der Waals surface area contributed by atoms with Gasteiger partial charge in [-0.1, -0.05) is 0 Å². The molecule has 1 saturated carbocycles. The molecule has 2 rings (SSSR count). The van der Waals surface area contributed by atoms with Crippen LogP contribution in [0.2, 0.25) is 0 Å². The van der Waals surface area contributed by atoms with Gasteiger partial charge in [0.2, 0.25) is 0 Å². The fraction of sp³-hybridized carbons (Fsp3) is 0.786. The number of hydrogen-bond acceptors (Lipinski definition) is 3. The Bertz CT molecular complexity index is 380. The van der Waals surface area contributed by atoms with Gasteiger partial charge in [-0.3, -0.25) is 4.68 Å². The summed E-state index contributed by atoms with van der Waals surface area (Å²) in [5.74, 6) is 0.716. The Morgan fingerprint density at radius 3 is 2.67 bits per heavy atom. The highest BCUT2D eigenvalue weighted by atomic mass is 16.3. The van der Waals surface area contributed by atoms with Crippen LogP contribution in [0.15, 0.2) is 6.20 Å². The van der Waals surface area contributed by atoms with Gasteiger partial charge in [-0.25, -0.2) is 0 Å². The molecule has 1 heterocycles. The Labute approximate surface area is 109 Å². The molecule has 1 fully saturated rings. The smallest absolute Gasteiger partial charge is 0.0641 e. The Morgan fingerprint density at radius 1 is 1.44 bits per heavy atom. The van der Waals surface area contributed by atoms with E-state index in [-0.39, 0.29) is 6.10 Å². The second kappa shape index (κ2) is 5.85. The minimum atomic E-state index is -0.0563. The van der Waals surface area contributed by atoms with E-state index in [9.17, 15) is 5.11 Å². The van der Waals surface area contributed by atoms with Crippen molar-refractivity contribution in [3.63, 3.8) is 0 Å². The summed E-state index contributed by atoms with van der Waals surface area (Å²) in [5.41, 5.74) is 2.39. The summed E-state index contributed by atoms with van der Waals surface area (Å²) in [5, 5.41) is 17.5. The van der Waals surface area contributed by atoms with Crippen molar-refractivity contribution in [2.75, 3.05) is 6.54 Å². The van der Waals surface area contributed by atoms with Crippen molar-refractivity contribution in [2.45, 2.75) is 51.7 Å². The third kappa shape index (κ3) is 3.33. The first-order valence-corrected chi connectivity index (χ1v) is 6.98. The van der Waals surface area contributed by atoms with Crippen LogP contribution in [-0.2, 0) is 7.05 Å². The minimum Gasteiger partial charge on any atom is -0.393 e. The van der Waals surface area contributed by atoms with E-state index in [2.05, 4.69) is 30.5 Å². The summed E-state index contributed by atoms with van der Waals surface area (Å²) >= 11 is 0. The largest absolute Gasteiger partial charge is 0.393 e. The van der Waals surface area contributed by atoms with Gasteiger partial charge in [0.1, 0.15) is 0 Å². The van der Waals surface area contributed by atoms with Crippen LogP contribution < -0.4 is 5.32 Å². The number of nitrogens with one attached hydrogen (secondary N) is 1. The van der Waals surface area contributed by atoms with Gasteiger partial charge in [-0.05, 0) is 52.0 Å². The molecular weight excluding hydrogens is 226 g/mol. The quantitative estimate of drug-likeness (QED) is 0.859. The van der Waals surface area contributed by atoms with E-state index in [0.29, 0.717) is 12.0 Å². The average Bonchev–Trinajstić information content (AvgIpc) is 2.67. The number of nitrogens with zero attached hydrogens (tertiary/aromatic N) is 2. The lowest BCUT2D eigenvalue weighted by molar-refractivity contribution is 0.108. The highest BCUT2D eigenvalue weighted by molar-refractivity contribution is 5.19. The Balaban J connectivity index is 1.81. The molecule has 18 heavy (non-hydrogen) atoms. The number of aryl methyl sites for hydroxylation is 2. The fourth-order valence-corrected chi connectivity index (χ4v) is 2.85. The molecule has 0 spiro atoms. The molecule has 0 bridgehead atoms. The van der Waals surface area contributed by atoms with E-state index in [1.54, 1.807) is 0 Å². The topological polar surface area (TPSA) is 50.1 Å². The van der Waals surface area contributed by atoms with Gasteiger partial charge in [0.05, 0.1) is 11.8 Å². The van der Waals surface area contributed by atoms with Gasteiger partial charge in [-0.2, -0.15) is 5.10 Å². The van der Waals surface area contributed by atoms with Gasteiger partial charge in [0.15, 0.2) is 0 Å². The van der Waals surface area contributed by atoms with Crippen LogP contribution in [0.25, 0.3) is 0 Å². The molecule has 0 radical (unpaired) electrons. The first kappa shape index (κ1) is 13.6. The number of aromatic nitrogens is 2. The van der Waals surface area contributed by atoms with E-state index >= 15 is 0 Å². The maximum absolute atomic E-state index is 9.49. The average molecular weight is 251 g/mol. The lowest BCUT2D eigenvalue weighted by Gasteiger charge is -2.26. The number of aliphatic hydroxyl groups is 1. The third-order valence-electron chi connectivity index (χ3n) is 4.05. The van der Waals surface area contributed by atoms with Crippen LogP contribution in [0.3, 0.4) is 0 Å². The van der Waals surface area contributed by atoms with Gasteiger partial charge >= 0.3 is 0 Å². The zero-order valence-corrected chi connectivity index (χ0v) is 11.7. The van der Waals surface area contributed by atoms with Crippen LogP contribution in [0.1, 0.15) is 49.9 Å². The first-order valence-electron chi connectivity index (χ1n) is 6.98. The van der Waals surface area contributed by atoms with Crippen molar-refractivity contribution in [3.8, 4) is 0 Å². The summed E-state index contributed by atoms with van der Waals surface area (Å²) in [6, 6.07) is 0.352. The third-order valence-corrected chi connectivity index (χ3v) is 4.05. The number of rotatable bonds is 4. The monoisotopic (exact) mass is 251 g/mol. The van der Waals surface area contributed by atoms with Crippen LogP contribution in [-0.4, -0.2) is 27.5 Å². The van der Waals surface area contributed by atoms with Gasteiger partial charge in [0.25, 0.3) is 0 Å². The Kier molecular flexibility index (Phi) is 4.40. The van der Waals surface area contributed by atoms with Crippen molar-refractivity contribution >= 4 is 0 Å². The highest BCUT2D eigenvalue weighted by Crippen LogP contribution is 2.24. The summed E-state index contributed by atoms with van der Waals surface area (Å²) in [7, 11) is 1.96. The van der Waals surface area contributed by atoms with Gasteiger partial charge in [-0.15, -0.1) is 0 Å². The molecule has 0 aliphatic heterocycles.